The zero-order valence-corrected chi connectivity index (χ0v) is 9.67. The van der Waals surface area contributed by atoms with Gasteiger partial charge in [0.15, 0.2) is 6.23 Å². The molecule has 1 fully saturated rings. The average Bonchev–Trinajstić information content (AvgIpc) is 2.94. The van der Waals surface area contributed by atoms with Gasteiger partial charge in [0.25, 0.3) is 5.56 Å². The van der Waals surface area contributed by atoms with Crippen molar-refractivity contribution in [3.63, 3.8) is 0 Å². The minimum atomic E-state index is -1.28. The Kier molecular flexibility index (Phi) is 2.82. The maximum atomic E-state index is 11.7. The normalized spacial score (nSPS) is 31.1. The molecule has 0 aromatic carbocycles. The summed E-state index contributed by atoms with van der Waals surface area (Å²) in [5.41, 5.74) is -0.294. The van der Waals surface area contributed by atoms with Crippen LogP contribution in [0.4, 0.5) is 0 Å². The quantitative estimate of drug-likeness (QED) is 0.482. The summed E-state index contributed by atoms with van der Waals surface area (Å²) < 4.78 is 6.50. The molecule has 1 aliphatic rings. The first-order chi connectivity index (χ1) is 9.13. The molecule has 9 heteroatoms. The Hall–Kier alpha value is -1.81. The van der Waals surface area contributed by atoms with Crippen LogP contribution in [0, 0.1) is 0 Å². The number of aliphatic hydroxyl groups is 3. The van der Waals surface area contributed by atoms with Gasteiger partial charge in [-0.05, 0) is 0 Å². The van der Waals surface area contributed by atoms with Crippen LogP contribution in [0.5, 0.6) is 0 Å². The second-order valence-corrected chi connectivity index (χ2v) is 4.32. The first-order valence-corrected chi connectivity index (χ1v) is 5.67. The number of aromatic amines is 1. The monoisotopic (exact) mass is 268 g/mol. The van der Waals surface area contributed by atoms with Gasteiger partial charge in [-0.2, -0.15) is 10.2 Å². The maximum Gasteiger partial charge on any atom is 0.290 e. The number of fused-ring (bicyclic) bond motifs is 1. The maximum absolute atomic E-state index is 11.7. The van der Waals surface area contributed by atoms with E-state index in [1.165, 1.54) is 17.1 Å². The lowest BCUT2D eigenvalue weighted by molar-refractivity contribution is -0.0564. The molecule has 2 aromatic heterocycles. The van der Waals surface area contributed by atoms with E-state index < -0.39 is 36.7 Å². The van der Waals surface area contributed by atoms with Crippen LogP contribution in [0.2, 0.25) is 0 Å². The van der Waals surface area contributed by atoms with Gasteiger partial charge in [0.1, 0.15) is 23.8 Å². The molecule has 4 atom stereocenters. The summed E-state index contributed by atoms with van der Waals surface area (Å²) in [6.07, 6.45) is -1.65. The lowest BCUT2D eigenvalue weighted by Crippen LogP contribution is -2.33. The second-order valence-electron chi connectivity index (χ2n) is 4.32. The van der Waals surface area contributed by atoms with Gasteiger partial charge in [0.05, 0.1) is 19.0 Å². The Morgan fingerprint density at radius 3 is 2.84 bits per heavy atom. The molecule has 102 valence electrons. The summed E-state index contributed by atoms with van der Waals surface area (Å²) in [7, 11) is 0. The number of nitrogens with zero attached hydrogens (tertiary/aromatic N) is 3. The zero-order chi connectivity index (χ0) is 13.6. The molecule has 0 radical (unpaired) electrons. The minimum Gasteiger partial charge on any atom is -0.394 e. The van der Waals surface area contributed by atoms with Crippen molar-refractivity contribution in [1.29, 1.82) is 0 Å². The fourth-order valence-electron chi connectivity index (χ4n) is 2.19. The van der Waals surface area contributed by atoms with Crippen molar-refractivity contribution < 1.29 is 20.1 Å². The average molecular weight is 268 g/mol. The molecule has 4 N–H and O–H groups in total. The molecule has 3 heterocycles. The van der Waals surface area contributed by atoms with Gasteiger partial charge in [0, 0.05) is 5.39 Å². The van der Waals surface area contributed by atoms with Crippen LogP contribution in [-0.4, -0.2) is 60.2 Å². The van der Waals surface area contributed by atoms with Crippen LogP contribution in [-0.2, 0) is 4.74 Å². The first-order valence-electron chi connectivity index (χ1n) is 5.67. The summed E-state index contributed by atoms with van der Waals surface area (Å²) >= 11 is 0. The molecule has 0 bridgehead atoms. The summed E-state index contributed by atoms with van der Waals surface area (Å²) in [5.74, 6) is 0. The molecule has 1 saturated heterocycles. The van der Waals surface area contributed by atoms with Gasteiger partial charge in [0.2, 0.25) is 0 Å². The zero-order valence-electron chi connectivity index (χ0n) is 9.67. The van der Waals surface area contributed by atoms with Crippen LogP contribution in [0.3, 0.4) is 0 Å². The largest absolute Gasteiger partial charge is 0.394 e. The Morgan fingerprint density at radius 2 is 2.16 bits per heavy atom. The molecule has 19 heavy (non-hydrogen) atoms. The standard InChI is InChI=1S/C10H12N4O5/c15-3-5-7(16)8(17)10(19-5)14-6-4(2-12-14)1-11-13-9(6)18/h1-2,5,7-8,10,15-17H,3H2,(H,13,18)/t5-,7-,8-,10-/m1/s1. The van der Waals surface area contributed by atoms with Crippen molar-refractivity contribution in [3.05, 3.63) is 22.7 Å². The van der Waals surface area contributed by atoms with Crippen molar-refractivity contribution >= 4 is 10.9 Å². The fraction of sp³-hybridized carbons (Fsp3) is 0.500. The molecule has 2 aromatic rings. The molecule has 9 nitrogen and oxygen atoms in total. The van der Waals surface area contributed by atoms with E-state index in [-0.39, 0.29) is 5.52 Å². The van der Waals surface area contributed by atoms with Gasteiger partial charge < -0.3 is 20.1 Å². The predicted octanol–water partition coefficient (Wildman–Crippen LogP) is -2.27. The number of nitrogens with one attached hydrogen (secondary N) is 1. The SMILES string of the molecule is O=c1[nH]ncc2cnn([C@@H]3O[C@H](CO)[C@@H](O)[C@H]3O)c12. The number of aliphatic hydroxyl groups excluding tert-OH is 3. The minimum absolute atomic E-state index is 0.185. The van der Waals surface area contributed by atoms with E-state index in [0.29, 0.717) is 5.39 Å². The molecule has 0 saturated carbocycles. The molecule has 0 spiro atoms. The summed E-state index contributed by atoms with van der Waals surface area (Å²) in [6.45, 7) is -0.439. The molecular formula is C10H12N4O5. The topological polar surface area (TPSA) is 133 Å². The third-order valence-corrected chi connectivity index (χ3v) is 3.17. The van der Waals surface area contributed by atoms with Crippen LogP contribution in [0.15, 0.2) is 17.2 Å². The number of hydrogen-bond donors (Lipinski definition) is 4. The van der Waals surface area contributed by atoms with Crippen molar-refractivity contribution in [3.8, 4) is 0 Å². The lowest BCUT2D eigenvalue weighted by atomic mass is 10.1. The second kappa shape index (κ2) is 4.38. The van der Waals surface area contributed by atoms with E-state index in [2.05, 4.69) is 15.3 Å². The third kappa shape index (κ3) is 1.75. The fourth-order valence-corrected chi connectivity index (χ4v) is 2.19. The Labute approximate surface area is 106 Å². The number of hydrogen-bond acceptors (Lipinski definition) is 7. The third-order valence-electron chi connectivity index (χ3n) is 3.17. The van der Waals surface area contributed by atoms with Crippen LogP contribution in [0.1, 0.15) is 6.23 Å². The van der Waals surface area contributed by atoms with Gasteiger partial charge in [-0.25, -0.2) is 9.78 Å². The van der Waals surface area contributed by atoms with Crippen LogP contribution >= 0.6 is 0 Å². The van der Waals surface area contributed by atoms with Crippen molar-refractivity contribution in [2.24, 2.45) is 0 Å². The number of H-pyrrole nitrogens is 1. The highest BCUT2D eigenvalue weighted by atomic mass is 16.6. The van der Waals surface area contributed by atoms with Crippen molar-refractivity contribution in [2.45, 2.75) is 24.5 Å². The van der Waals surface area contributed by atoms with Crippen molar-refractivity contribution in [2.75, 3.05) is 6.61 Å². The number of rotatable bonds is 2. The highest BCUT2D eigenvalue weighted by Crippen LogP contribution is 2.30. The predicted molar refractivity (Wildman–Crippen MR) is 61.2 cm³/mol. The van der Waals surface area contributed by atoms with E-state index in [4.69, 9.17) is 9.84 Å². The molecular weight excluding hydrogens is 256 g/mol. The molecule has 0 amide bonds. The van der Waals surface area contributed by atoms with Crippen LogP contribution < -0.4 is 5.56 Å². The number of ether oxygens (including phenoxy) is 1. The molecule has 3 rings (SSSR count). The van der Waals surface area contributed by atoms with Crippen molar-refractivity contribution in [1.82, 2.24) is 20.0 Å². The molecule has 0 unspecified atom stereocenters. The van der Waals surface area contributed by atoms with E-state index in [1.807, 2.05) is 0 Å². The Bertz CT molecular complexity index is 653. The van der Waals surface area contributed by atoms with Gasteiger partial charge >= 0.3 is 0 Å². The summed E-state index contributed by atoms with van der Waals surface area (Å²) in [4.78, 5) is 11.7. The molecule has 1 aliphatic heterocycles. The van der Waals surface area contributed by atoms with E-state index in [9.17, 15) is 15.0 Å². The smallest absolute Gasteiger partial charge is 0.290 e. The van der Waals surface area contributed by atoms with Gasteiger partial charge in [-0.1, -0.05) is 0 Å². The Morgan fingerprint density at radius 1 is 1.37 bits per heavy atom. The highest BCUT2D eigenvalue weighted by molar-refractivity contribution is 5.76. The summed E-state index contributed by atoms with van der Waals surface area (Å²) in [6, 6.07) is 0. The van der Waals surface area contributed by atoms with Gasteiger partial charge in [-0.3, -0.25) is 4.79 Å². The summed E-state index contributed by atoms with van der Waals surface area (Å²) in [5, 5.41) is 39.0. The lowest BCUT2D eigenvalue weighted by Gasteiger charge is -2.15. The van der Waals surface area contributed by atoms with E-state index >= 15 is 0 Å². The number of aromatic nitrogens is 4. The highest BCUT2D eigenvalue weighted by Gasteiger charge is 2.44. The van der Waals surface area contributed by atoms with Gasteiger partial charge in [-0.15, -0.1) is 0 Å². The van der Waals surface area contributed by atoms with E-state index in [0.717, 1.165) is 0 Å². The van der Waals surface area contributed by atoms with E-state index in [1.54, 1.807) is 0 Å². The Balaban J connectivity index is 2.08. The first kappa shape index (κ1) is 12.2. The molecule has 0 aliphatic carbocycles. The van der Waals surface area contributed by atoms with Crippen LogP contribution in [0.25, 0.3) is 10.9 Å².